The van der Waals surface area contributed by atoms with E-state index in [1.54, 1.807) is 12.1 Å². The zero-order valence-electron chi connectivity index (χ0n) is 15.1. The first-order valence-corrected chi connectivity index (χ1v) is 8.59. The Morgan fingerprint density at radius 1 is 0.963 bits per heavy atom. The van der Waals surface area contributed by atoms with Gasteiger partial charge in [0.25, 0.3) is 0 Å². The molecule has 0 fully saturated rings. The maximum atomic E-state index is 12.1. The van der Waals surface area contributed by atoms with Crippen molar-refractivity contribution in [2.45, 2.75) is 38.2 Å². The van der Waals surface area contributed by atoms with Gasteiger partial charge in [-0.3, -0.25) is 4.79 Å². The number of hydrogen-bond donors (Lipinski definition) is 5. The van der Waals surface area contributed by atoms with Crippen LogP contribution in [0.3, 0.4) is 0 Å². The third-order valence-corrected chi connectivity index (χ3v) is 4.30. The maximum absolute atomic E-state index is 12.1. The van der Waals surface area contributed by atoms with Gasteiger partial charge in [0.05, 0.1) is 13.2 Å². The Kier molecular flexibility index (Phi) is 6.90. The molecule has 1 atom stereocenters. The molecule has 7 nitrogen and oxygen atoms in total. The van der Waals surface area contributed by atoms with Crippen LogP contribution in [0.5, 0.6) is 28.7 Å². The minimum atomic E-state index is -0.809. The molecule has 0 amide bonds. The highest BCUT2D eigenvalue weighted by atomic mass is 16.5. The molecule has 0 saturated heterocycles. The average Bonchev–Trinajstić information content (AvgIpc) is 2.63. The molecular weight excluding hydrogens is 352 g/mol. The number of phenols is 4. The van der Waals surface area contributed by atoms with Gasteiger partial charge in [-0.15, -0.1) is 0 Å². The number of hydrogen-bond acceptors (Lipinski definition) is 7. The predicted molar refractivity (Wildman–Crippen MR) is 98.4 cm³/mol. The van der Waals surface area contributed by atoms with E-state index in [9.17, 15) is 30.3 Å². The number of benzene rings is 2. The highest BCUT2D eigenvalue weighted by molar-refractivity contribution is 5.79. The van der Waals surface area contributed by atoms with Crippen LogP contribution in [0.25, 0.3) is 0 Å². The van der Waals surface area contributed by atoms with Gasteiger partial charge >= 0.3 is 0 Å². The molecule has 146 valence electrons. The number of carbonyl (C=O) groups excluding carboxylic acids is 1. The lowest BCUT2D eigenvalue weighted by Crippen LogP contribution is -2.15. The maximum Gasteiger partial charge on any atom is 0.200 e. The number of carbonyl (C=O) groups is 1. The second-order valence-corrected chi connectivity index (χ2v) is 6.42. The monoisotopic (exact) mass is 376 g/mol. The van der Waals surface area contributed by atoms with E-state index < -0.39 is 6.10 Å². The molecular formula is C20H24O7. The van der Waals surface area contributed by atoms with E-state index in [0.717, 1.165) is 5.56 Å². The summed E-state index contributed by atoms with van der Waals surface area (Å²) in [6.07, 6.45) is 0.544. The van der Waals surface area contributed by atoms with Crippen molar-refractivity contribution >= 4 is 5.78 Å². The van der Waals surface area contributed by atoms with Gasteiger partial charge in [0.15, 0.2) is 23.0 Å². The van der Waals surface area contributed by atoms with Crippen LogP contribution in [0.2, 0.25) is 0 Å². The van der Waals surface area contributed by atoms with Crippen molar-refractivity contribution in [3.8, 4) is 28.7 Å². The molecule has 7 heteroatoms. The van der Waals surface area contributed by atoms with Crippen LogP contribution in [-0.2, 0) is 17.6 Å². The van der Waals surface area contributed by atoms with Crippen LogP contribution in [0.4, 0.5) is 0 Å². The molecule has 0 aliphatic carbocycles. The van der Waals surface area contributed by atoms with Crippen molar-refractivity contribution in [2.75, 3.05) is 7.11 Å². The number of Topliss-reactive ketones (excluding diaryl/α,β-unsaturated/α-hetero) is 1. The number of aliphatic hydroxyl groups excluding tert-OH is 1. The van der Waals surface area contributed by atoms with E-state index in [4.69, 9.17) is 4.74 Å². The van der Waals surface area contributed by atoms with Crippen LogP contribution in [0.1, 0.15) is 30.4 Å². The van der Waals surface area contributed by atoms with E-state index in [1.807, 2.05) is 0 Å². The molecule has 2 aromatic carbocycles. The summed E-state index contributed by atoms with van der Waals surface area (Å²) in [4.78, 5) is 12.1. The molecule has 0 bridgehead atoms. The number of aliphatic hydroxyl groups is 1. The summed E-state index contributed by atoms with van der Waals surface area (Å²) >= 11 is 0. The highest BCUT2D eigenvalue weighted by Crippen LogP contribution is 2.36. The van der Waals surface area contributed by atoms with Gasteiger partial charge in [0.2, 0.25) is 5.75 Å². The molecule has 0 heterocycles. The number of methoxy groups -OCH3 is 1. The van der Waals surface area contributed by atoms with E-state index >= 15 is 0 Å². The first-order chi connectivity index (χ1) is 12.8. The molecule has 0 aromatic heterocycles. The zero-order chi connectivity index (χ0) is 20.0. The zero-order valence-corrected chi connectivity index (χ0v) is 15.1. The first-order valence-electron chi connectivity index (χ1n) is 8.59. The highest BCUT2D eigenvalue weighted by Gasteiger charge is 2.14. The Bertz CT molecular complexity index is 801. The van der Waals surface area contributed by atoms with Crippen LogP contribution < -0.4 is 4.74 Å². The van der Waals surface area contributed by atoms with E-state index in [0.29, 0.717) is 24.8 Å². The van der Waals surface area contributed by atoms with Crippen molar-refractivity contribution in [1.82, 2.24) is 0 Å². The smallest absolute Gasteiger partial charge is 0.200 e. The van der Waals surface area contributed by atoms with Gasteiger partial charge in [0, 0.05) is 12.8 Å². The van der Waals surface area contributed by atoms with Gasteiger partial charge in [-0.25, -0.2) is 0 Å². The number of aryl methyl sites for hydroxylation is 2. The Morgan fingerprint density at radius 3 is 2.33 bits per heavy atom. The normalized spacial score (nSPS) is 11.9. The van der Waals surface area contributed by atoms with Gasteiger partial charge in [0.1, 0.15) is 5.78 Å². The second-order valence-electron chi connectivity index (χ2n) is 6.42. The summed E-state index contributed by atoms with van der Waals surface area (Å²) in [5, 5.41) is 48.0. The second kappa shape index (κ2) is 9.14. The largest absolute Gasteiger partial charge is 0.504 e. The molecule has 0 aliphatic rings. The Balaban J connectivity index is 1.81. The third kappa shape index (κ3) is 5.79. The Hall–Kier alpha value is -2.93. The van der Waals surface area contributed by atoms with Crippen LogP contribution in [0.15, 0.2) is 30.3 Å². The lowest BCUT2D eigenvalue weighted by atomic mass is 9.99. The fourth-order valence-electron chi connectivity index (χ4n) is 2.76. The Morgan fingerprint density at radius 2 is 1.67 bits per heavy atom. The van der Waals surface area contributed by atoms with Gasteiger partial charge in [-0.05, 0) is 54.7 Å². The molecule has 5 N–H and O–H groups in total. The molecule has 0 saturated carbocycles. The van der Waals surface area contributed by atoms with Crippen LogP contribution in [-0.4, -0.2) is 44.5 Å². The number of ether oxygens (including phenoxy) is 1. The fraction of sp³-hybridized carbons (Fsp3) is 0.350. The minimum absolute atomic E-state index is 0.00522. The molecule has 2 aromatic rings. The SMILES string of the molecule is COc1cc(CCC(=O)CC(O)CCc2ccc(O)c(O)c2)cc(O)c1O. The summed E-state index contributed by atoms with van der Waals surface area (Å²) in [7, 11) is 1.37. The summed E-state index contributed by atoms with van der Waals surface area (Å²) < 4.78 is 4.96. The fourth-order valence-corrected chi connectivity index (χ4v) is 2.76. The van der Waals surface area contributed by atoms with Gasteiger partial charge in [-0.1, -0.05) is 6.07 Å². The summed E-state index contributed by atoms with van der Waals surface area (Å²) in [6, 6.07) is 7.38. The minimum Gasteiger partial charge on any atom is -0.504 e. The molecule has 0 spiro atoms. The molecule has 0 radical (unpaired) electrons. The van der Waals surface area contributed by atoms with Crippen molar-refractivity contribution in [1.29, 1.82) is 0 Å². The average molecular weight is 376 g/mol. The van der Waals surface area contributed by atoms with Crippen LogP contribution >= 0.6 is 0 Å². The number of phenolic OH excluding ortho intramolecular Hbond substituents is 4. The standard InChI is InChI=1S/C20H24O7/c1-27-19-10-13(9-18(25)20(19)26)3-6-15(22)11-14(21)5-2-12-4-7-16(23)17(24)8-12/h4,7-10,14,21,23-26H,2-3,5-6,11H2,1H3. The predicted octanol–water partition coefficient (Wildman–Crippen LogP) is 2.40. The number of rotatable bonds is 9. The molecule has 2 rings (SSSR count). The summed E-state index contributed by atoms with van der Waals surface area (Å²) in [5.74, 6) is -1.06. The van der Waals surface area contributed by atoms with Crippen LogP contribution in [0, 0.1) is 0 Å². The van der Waals surface area contributed by atoms with E-state index in [1.165, 1.54) is 25.3 Å². The van der Waals surface area contributed by atoms with Crippen molar-refractivity contribution in [3.05, 3.63) is 41.5 Å². The number of aromatic hydroxyl groups is 4. The van der Waals surface area contributed by atoms with Crippen molar-refractivity contribution in [3.63, 3.8) is 0 Å². The first kappa shape index (κ1) is 20.4. The summed E-state index contributed by atoms with van der Waals surface area (Å²) in [5.41, 5.74) is 1.40. The molecule has 1 unspecified atom stereocenters. The summed E-state index contributed by atoms with van der Waals surface area (Å²) in [6.45, 7) is 0. The topological polar surface area (TPSA) is 127 Å². The van der Waals surface area contributed by atoms with Crippen molar-refractivity contribution < 1.29 is 35.1 Å². The Labute approximate surface area is 157 Å². The molecule has 27 heavy (non-hydrogen) atoms. The van der Waals surface area contributed by atoms with E-state index in [-0.39, 0.29) is 47.4 Å². The van der Waals surface area contributed by atoms with E-state index in [2.05, 4.69) is 0 Å². The van der Waals surface area contributed by atoms with Crippen molar-refractivity contribution in [2.24, 2.45) is 0 Å². The van der Waals surface area contributed by atoms with Gasteiger partial charge < -0.3 is 30.3 Å². The lowest BCUT2D eigenvalue weighted by molar-refractivity contribution is -0.121. The molecule has 0 aliphatic heterocycles. The van der Waals surface area contributed by atoms with Gasteiger partial charge in [-0.2, -0.15) is 0 Å². The quantitative estimate of drug-likeness (QED) is 0.425. The third-order valence-electron chi connectivity index (χ3n) is 4.30. The lowest BCUT2D eigenvalue weighted by Gasteiger charge is -2.11. The number of ketones is 1.